The molecule has 27 heavy (non-hydrogen) atoms. The highest BCUT2D eigenvalue weighted by Crippen LogP contribution is 2.24. The minimum Gasteiger partial charge on any atom is -0.356 e. The number of anilines is 1. The topological polar surface area (TPSA) is 87.5 Å². The Morgan fingerprint density at radius 3 is 2.44 bits per heavy atom. The fraction of sp³-hybridized carbons (Fsp3) is 0.500. The molecule has 0 saturated carbocycles. The summed E-state index contributed by atoms with van der Waals surface area (Å²) in [5, 5.41) is 0. The number of piperazine rings is 1. The van der Waals surface area contributed by atoms with Crippen LogP contribution in [-0.4, -0.2) is 80.9 Å². The van der Waals surface area contributed by atoms with E-state index in [0.717, 1.165) is 44.0 Å². The van der Waals surface area contributed by atoms with Gasteiger partial charge in [-0.2, -0.15) is 0 Å². The Bertz CT molecular complexity index is 779. The zero-order valence-corrected chi connectivity index (χ0v) is 15.1. The summed E-state index contributed by atoms with van der Waals surface area (Å²) in [6.45, 7) is 4.13. The molecular formula is C18H23N7O2. The van der Waals surface area contributed by atoms with Crippen molar-refractivity contribution in [1.82, 2.24) is 29.3 Å². The highest BCUT2D eigenvalue weighted by atomic mass is 16.2. The van der Waals surface area contributed by atoms with Crippen molar-refractivity contribution in [3.8, 4) is 5.82 Å². The summed E-state index contributed by atoms with van der Waals surface area (Å²) in [4.78, 5) is 42.1. The molecule has 0 N–H and O–H groups in total. The number of rotatable bonds is 4. The molecule has 2 amide bonds. The summed E-state index contributed by atoms with van der Waals surface area (Å²) in [6, 6.07) is 1.95. The van der Waals surface area contributed by atoms with Crippen molar-refractivity contribution in [2.45, 2.75) is 12.8 Å². The molecule has 0 atom stereocenters. The third kappa shape index (κ3) is 3.76. The number of carbonyl (C=O) groups excluding carboxylic acids is 2. The molecule has 0 unspecified atom stereocenters. The summed E-state index contributed by atoms with van der Waals surface area (Å²) in [5.41, 5.74) is 0. The van der Waals surface area contributed by atoms with Gasteiger partial charge >= 0.3 is 0 Å². The second-order valence-corrected chi connectivity index (χ2v) is 6.93. The van der Waals surface area contributed by atoms with Crippen molar-refractivity contribution in [3.63, 3.8) is 0 Å². The van der Waals surface area contributed by atoms with Crippen LogP contribution in [-0.2, 0) is 9.59 Å². The van der Waals surface area contributed by atoms with E-state index in [1.165, 1.54) is 0 Å². The molecule has 4 heterocycles. The van der Waals surface area contributed by atoms with Crippen molar-refractivity contribution in [2.24, 2.45) is 5.92 Å². The zero-order valence-electron chi connectivity index (χ0n) is 15.1. The molecule has 0 radical (unpaired) electrons. The highest BCUT2D eigenvalue weighted by Gasteiger charge is 2.30. The standard InChI is InChI=1S/C18H23N7O2/c26-14-22-7-9-24(10-8-22)18(27)15-1-4-23(5-2-15)16-11-17(21-12-20-16)25-6-3-19-13-25/h3,6,11-15H,1-2,4-5,7-10H2. The molecular weight excluding hydrogens is 346 g/mol. The van der Waals surface area contributed by atoms with Gasteiger partial charge in [-0.25, -0.2) is 15.0 Å². The molecule has 2 saturated heterocycles. The van der Waals surface area contributed by atoms with Crippen LogP contribution in [0, 0.1) is 5.92 Å². The van der Waals surface area contributed by atoms with Gasteiger partial charge in [0.25, 0.3) is 0 Å². The van der Waals surface area contributed by atoms with Gasteiger partial charge < -0.3 is 14.7 Å². The van der Waals surface area contributed by atoms with Gasteiger partial charge in [-0.1, -0.05) is 0 Å². The molecule has 0 bridgehead atoms. The van der Waals surface area contributed by atoms with Crippen LogP contribution < -0.4 is 4.90 Å². The van der Waals surface area contributed by atoms with Gasteiger partial charge in [0.1, 0.15) is 24.3 Å². The van der Waals surface area contributed by atoms with Crippen LogP contribution in [0.5, 0.6) is 0 Å². The predicted molar refractivity (Wildman–Crippen MR) is 98.3 cm³/mol. The Kier molecular flexibility index (Phi) is 4.99. The first-order chi connectivity index (χ1) is 13.2. The first-order valence-electron chi connectivity index (χ1n) is 9.28. The van der Waals surface area contributed by atoms with Gasteiger partial charge in [0, 0.05) is 63.6 Å². The molecule has 2 aliphatic heterocycles. The Labute approximate surface area is 157 Å². The first kappa shape index (κ1) is 17.4. The second kappa shape index (κ2) is 7.73. The summed E-state index contributed by atoms with van der Waals surface area (Å²) >= 11 is 0. The van der Waals surface area contributed by atoms with Crippen LogP contribution in [0.15, 0.2) is 31.1 Å². The van der Waals surface area contributed by atoms with Crippen molar-refractivity contribution in [2.75, 3.05) is 44.2 Å². The van der Waals surface area contributed by atoms with Crippen molar-refractivity contribution in [1.29, 1.82) is 0 Å². The third-order valence-corrected chi connectivity index (χ3v) is 5.35. The molecule has 2 fully saturated rings. The lowest BCUT2D eigenvalue weighted by molar-refractivity contribution is -0.139. The second-order valence-electron chi connectivity index (χ2n) is 6.93. The highest BCUT2D eigenvalue weighted by molar-refractivity contribution is 5.79. The number of hydrogen-bond acceptors (Lipinski definition) is 6. The lowest BCUT2D eigenvalue weighted by atomic mass is 9.95. The van der Waals surface area contributed by atoms with E-state index < -0.39 is 0 Å². The van der Waals surface area contributed by atoms with Gasteiger partial charge in [0.2, 0.25) is 12.3 Å². The number of hydrogen-bond donors (Lipinski definition) is 0. The summed E-state index contributed by atoms with van der Waals surface area (Å²) in [5.74, 6) is 1.93. The monoisotopic (exact) mass is 369 g/mol. The number of amides is 2. The van der Waals surface area contributed by atoms with E-state index >= 15 is 0 Å². The van der Waals surface area contributed by atoms with Crippen LogP contribution in [0.4, 0.5) is 5.82 Å². The normalized spacial score (nSPS) is 18.6. The van der Waals surface area contributed by atoms with E-state index in [1.54, 1.807) is 23.8 Å². The molecule has 2 aliphatic rings. The van der Waals surface area contributed by atoms with Crippen molar-refractivity contribution >= 4 is 18.1 Å². The first-order valence-corrected chi connectivity index (χ1v) is 9.28. The number of aromatic nitrogens is 4. The van der Waals surface area contributed by atoms with Crippen molar-refractivity contribution < 1.29 is 9.59 Å². The molecule has 4 rings (SSSR count). The van der Waals surface area contributed by atoms with Crippen LogP contribution in [0.3, 0.4) is 0 Å². The van der Waals surface area contributed by atoms with E-state index in [9.17, 15) is 9.59 Å². The summed E-state index contributed by atoms with van der Waals surface area (Å²) in [6.07, 6.45) is 9.33. The van der Waals surface area contributed by atoms with Crippen LogP contribution in [0.2, 0.25) is 0 Å². The van der Waals surface area contributed by atoms with Crippen LogP contribution in [0.1, 0.15) is 12.8 Å². The van der Waals surface area contributed by atoms with Crippen LogP contribution >= 0.6 is 0 Å². The summed E-state index contributed by atoms with van der Waals surface area (Å²) < 4.78 is 1.85. The Morgan fingerprint density at radius 1 is 1.04 bits per heavy atom. The fourth-order valence-corrected chi connectivity index (χ4v) is 3.71. The Balaban J connectivity index is 1.35. The van der Waals surface area contributed by atoms with E-state index in [1.807, 2.05) is 21.7 Å². The van der Waals surface area contributed by atoms with E-state index in [0.29, 0.717) is 26.2 Å². The molecule has 2 aromatic rings. The maximum Gasteiger partial charge on any atom is 0.225 e. The molecule has 0 spiro atoms. The third-order valence-electron chi connectivity index (χ3n) is 5.35. The largest absolute Gasteiger partial charge is 0.356 e. The molecule has 9 heteroatoms. The average Bonchev–Trinajstić information content (AvgIpc) is 3.29. The molecule has 9 nitrogen and oxygen atoms in total. The van der Waals surface area contributed by atoms with Crippen molar-refractivity contribution in [3.05, 3.63) is 31.1 Å². The maximum absolute atomic E-state index is 12.8. The maximum atomic E-state index is 12.8. The van der Waals surface area contributed by atoms with Gasteiger partial charge in [0.05, 0.1) is 0 Å². The minimum atomic E-state index is 0.0546. The lowest BCUT2D eigenvalue weighted by Gasteiger charge is -2.37. The average molecular weight is 369 g/mol. The van der Waals surface area contributed by atoms with Gasteiger partial charge in [-0.05, 0) is 12.8 Å². The molecule has 0 aromatic carbocycles. The quantitative estimate of drug-likeness (QED) is 0.715. The number of carbonyl (C=O) groups is 2. The van der Waals surface area contributed by atoms with Gasteiger partial charge in [-0.15, -0.1) is 0 Å². The number of piperidine rings is 1. The Hall–Kier alpha value is -2.97. The van der Waals surface area contributed by atoms with E-state index in [4.69, 9.17) is 0 Å². The number of imidazole rings is 1. The number of nitrogens with zero attached hydrogens (tertiary/aromatic N) is 7. The molecule has 142 valence electrons. The molecule has 0 aliphatic carbocycles. The van der Waals surface area contributed by atoms with Crippen LogP contribution in [0.25, 0.3) is 5.82 Å². The SMILES string of the molecule is O=CN1CCN(C(=O)C2CCN(c3cc(-n4ccnc4)ncn3)CC2)CC1. The summed E-state index contributed by atoms with van der Waals surface area (Å²) in [7, 11) is 0. The Morgan fingerprint density at radius 2 is 1.78 bits per heavy atom. The zero-order chi connectivity index (χ0) is 18.6. The molecule has 2 aromatic heterocycles. The van der Waals surface area contributed by atoms with Gasteiger partial charge in [0.15, 0.2) is 0 Å². The lowest BCUT2D eigenvalue weighted by Crippen LogP contribution is -2.51. The fourth-order valence-electron chi connectivity index (χ4n) is 3.71. The van der Waals surface area contributed by atoms with E-state index in [-0.39, 0.29) is 11.8 Å². The predicted octanol–water partition coefficient (Wildman–Crippen LogP) is 0.179. The smallest absolute Gasteiger partial charge is 0.225 e. The minimum absolute atomic E-state index is 0.0546. The van der Waals surface area contributed by atoms with E-state index in [2.05, 4.69) is 19.9 Å². The van der Waals surface area contributed by atoms with Gasteiger partial charge in [-0.3, -0.25) is 14.2 Å².